The summed E-state index contributed by atoms with van der Waals surface area (Å²) in [6.45, 7) is 0.347. The van der Waals surface area contributed by atoms with Gasteiger partial charge in [-0.15, -0.1) is 0 Å². The van der Waals surface area contributed by atoms with Crippen molar-refractivity contribution in [1.82, 2.24) is 5.32 Å². The molecule has 5 heteroatoms. The fraction of sp³-hybridized carbons (Fsp3) is 0.176. The third kappa shape index (κ3) is 4.70. The molecule has 0 aliphatic carbocycles. The van der Waals surface area contributed by atoms with Gasteiger partial charge in [-0.3, -0.25) is 9.59 Å². The van der Waals surface area contributed by atoms with Gasteiger partial charge >= 0.3 is 5.97 Å². The predicted octanol–water partition coefficient (Wildman–Crippen LogP) is 2.94. The zero-order valence-corrected chi connectivity index (χ0v) is 11.9. The fourth-order valence-corrected chi connectivity index (χ4v) is 1.83. The Bertz CT molecular complexity index is 643. The van der Waals surface area contributed by atoms with Gasteiger partial charge in [0.15, 0.2) is 11.6 Å². The summed E-state index contributed by atoms with van der Waals surface area (Å²) in [7, 11) is 0. The predicted molar refractivity (Wildman–Crippen MR) is 80.0 cm³/mol. The first-order chi connectivity index (χ1) is 10.7. The van der Waals surface area contributed by atoms with Crippen LogP contribution in [0.2, 0.25) is 0 Å². The standard InChI is InChI=1S/C17H16FNO3/c18-14-9-4-5-10-15(14)22-16(20)11-6-12-19-17(21)13-7-2-1-3-8-13/h1-5,7-10H,6,11-12H2,(H,19,21). The molecule has 0 unspecified atom stereocenters. The number of nitrogens with one attached hydrogen (secondary N) is 1. The van der Waals surface area contributed by atoms with Gasteiger partial charge in [0.1, 0.15) is 0 Å². The van der Waals surface area contributed by atoms with Gasteiger partial charge in [0.2, 0.25) is 0 Å². The number of hydrogen-bond donors (Lipinski definition) is 1. The van der Waals surface area contributed by atoms with E-state index in [1.165, 1.54) is 18.2 Å². The number of hydrogen-bond acceptors (Lipinski definition) is 3. The van der Waals surface area contributed by atoms with Crippen molar-refractivity contribution in [2.75, 3.05) is 6.54 Å². The Balaban J connectivity index is 1.69. The second kappa shape index (κ2) is 7.93. The molecule has 2 aromatic rings. The van der Waals surface area contributed by atoms with Gasteiger partial charge in [0.05, 0.1) is 0 Å². The number of carbonyl (C=O) groups is 2. The Kier molecular flexibility index (Phi) is 5.65. The SMILES string of the molecule is O=C(CCCNC(=O)c1ccccc1)Oc1ccccc1F. The molecule has 2 rings (SSSR count). The summed E-state index contributed by atoms with van der Waals surface area (Å²) in [6, 6.07) is 14.5. The minimum Gasteiger partial charge on any atom is -0.423 e. The smallest absolute Gasteiger partial charge is 0.311 e. The molecule has 0 atom stereocenters. The van der Waals surface area contributed by atoms with Crippen LogP contribution in [0.5, 0.6) is 5.75 Å². The normalized spacial score (nSPS) is 10.0. The Labute approximate surface area is 127 Å². The maximum atomic E-state index is 13.3. The molecule has 0 saturated carbocycles. The van der Waals surface area contributed by atoms with Crippen LogP contribution < -0.4 is 10.1 Å². The molecule has 0 fully saturated rings. The Morgan fingerprint density at radius 1 is 1.00 bits per heavy atom. The number of rotatable bonds is 6. The van der Waals surface area contributed by atoms with Gasteiger partial charge in [-0.1, -0.05) is 30.3 Å². The van der Waals surface area contributed by atoms with Crippen LogP contribution in [-0.4, -0.2) is 18.4 Å². The molecule has 114 valence electrons. The van der Waals surface area contributed by atoms with Crippen LogP contribution in [0.25, 0.3) is 0 Å². The van der Waals surface area contributed by atoms with Crippen LogP contribution in [-0.2, 0) is 4.79 Å². The van der Waals surface area contributed by atoms with Gasteiger partial charge in [0.25, 0.3) is 5.91 Å². The topological polar surface area (TPSA) is 55.4 Å². The average Bonchev–Trinajstić information content (AvgIpc) is 2.54. The molecule has 0 radical (unpaired) electrons. The van der Waals surface area contributed by atoms with Gasteiger partial charge in [-0.05, 0) is 30.7 Å². The minimum absolute atomic E-state index is 0.0826. The Morgan fingerprint density at radius 3 is 2.41 bits per heavy atom. The molecular weight excluding hydrogens is 285 g/mol. The van der Waals surface area contributed by atoms with Crippen molar-refractivity contribution in [3.63, 3.8) is 0 Å². The van der Waals surface area contributed by atoms with Crippen molar-refractivity contribution in [3.05, 3.63) is 66.0 Å². The molecule has 0 saturated heterocycles. The quantitative estimate of drug-likeness (QED) is 0.507. The summed E-state index contributed by atoms with van der Waals surface area (Å²) >= 11 is 0. The number of ether oxygens (including phenoxy) is 1. The van der Waals surface area contributed by atoms with Crippen LogP contribution in [0.15, 0.2) is 54.6 Å². The van der Waals surface area contributed by atoms with Gasteiger partial charge in [-0.2, -0.15) is 0 Å². The van der Waals surface area contributed by atoms with E-state index in [1.807, 2.05) is 6.07 Å². The zero-order valence-electron chi connectivity index (χ0n) is 11.9. The van der Waals surface area contributed by atoms with E-state index >= 15 is 0 Å². The fourth-order valence-electron chi connectivity index (χ4n) is 1.83. The third-order valence-corrected chi connectivity index (χ3v) is 2.94. The second-order valence-corrected chi connectivity index (χ2v) is 4.63. The highest BCUT2D eigenvalue weighted by Gasteiger charge is 2.09. The molecule has 0 aliphatic heterocycles. The van der Waals surface area contributed by atoms with Crippen molar-refractivity contribution in [3.8, 4) is 5.75 Å². The summed E-state index contributed by atoms with van der Waals surface area (Å²) in [5.41, 5.74) is 0.566. The molecule has 0 aliphatic rings. The van der Waals surface area contributed by atoms with Crippen LogP contribution in [0, 0.1) is 5.82 Å². The van der Waals surface area contributed by atoms with E-state index in [-0.39, 0.29) is 18.1 Å². The maximum absolute atomic E-state index is 13.3. The first-order valence-corrected chi connectivity index (χ1v) is 6.95. The molecule has 0 heterocycles. The van der Waals surface area contributed by atoms with E-state index in [0.29, 0.717) is 18.5 Å². The minimum atomic E-state index is -0.576. The summed E-state index contributed by atoms with van der Waals surface area (Å²) < 4.78 is 18.2. The van der Waals surface area contributed by atoms with E-state index in [2.05, 4.69) is 5.32 Å². The highest BCUT2D eigenvalue weighted by molar-refractivity contribution is 5.94. The second-order valence-electron chi connectivity index (χ2n) is 4.63. The highest BCUT2D eigenvalue weighted by Crippen LogP contribution is 2.16. The van der Waals surface area contributed by atoms with Gasteiger partial charge in [0, 0.05) is 18.5 Å². The number of carbonyl (C=O) groups excluding carboxylic acids is 2. The molecule has 22 heavy (non-hydrogen) atoms. The number of amides is 1. The maximum Gasteiger partial charge on any atom is 0.311 e. The summed E-state index contributed by atoms with van der Waals surface area (Å²) in [5, 5.41) is 2.71. The lowest BCUT2D eigenvalue weighted by Gasteiger charge is -2.06. The monoisotopic (exact) mass is 301 g/mol. The van der Waals surface area contributed by atoms with Gasteiger partial charge < -0.3 is 10.1 Å². The summed E-state index contributed by atoms with van der Waals surface area (Å²) in [6.07, 6.45) is 0.523. The first kappa shape index (κ1) is 15.7. The van der Waals surface area contributed by atoms with Crippen LogP contribution >= 0.6 is 0 Å². The Morgan fingerprint density at radius 2 is 1.68 bits per heavy atom. The third-order valence-electron chi connectivity index (χ3n) is 2.94. The number of para-hydroxylation sites is 1. The molecule has 2 aromatic carbocycles. The van der Waals surface area contributed by atoms with Crippen molar-refractivity contribution in [2.45, 2.75) is 12.8 Å². The van der Waals surface area contributed by atoms with E-state index in [9.17, 15) is 14.0 Å². The number of halogens is 1. The molecule has 4 nitrogen and oxygen atoms in total. The van der Waals surface area contributed by atoms with E-state index in [0.717, 1.165) is 0 Å². The Hall–Kier alpha value is -2.69. The lowest BCUT2D eigenvalue weighted by Crippen LogP contribution is -2.25. The largest absolute Gasteiger partial charge is 0.423 e. The average molecular weight is 301 g/mol. The zero-order chi connectivity index (χ0) is 15.8. The van der Waals surface area contributed by atoms with Crippen molar-refractivity contribution in [2.24, 2.45) is 0 Å². The summed E-state index contributed by atoms with van der Waals surface area (Å²) in [5.74, 6) is -1.38. The number of benzene rings is 2. The molecule has 1 N–H and O–H groups in total. The van der Waals surface area contributed by atoms with Crippen molar-refractivity contribution < 1.29 is 18.7 Å². The lowest BCUT2D eigenvalue weighted by atomic mass is 10.2. The van der Waals surface area contributed by atoms with E-state index < -0.39 is 11.8 Å². The molecule has 1 amide bonds. The molecular formula is C17H16FNO3. The van der Waals surface area contributed by atoms with Crippen LogP contribution in [0.1, 0.15) is 23.2 Å². The molecule has 0 bridgehead atoms. The van der Waals surface area contributed by atoms with Gasteiger partial charge in [-0.25, -0.2) is 4.39 Å². The molecule has 0 aromatic heterocycles. The van der Waals surface area contributed by atoms with Crippen molar-refractivity contribution in [1.29, 1.82) is 0 Å². The lowest BCUT2D eigenvalue weighted by molar-refractivity contribution is -0.134. The van der Waals surface area contributed by atoms with Crippen molar-refractivity contribution >= 4 is 11.9 Å². The summed E-state index contributed by atoms with van der Waals surface area (Å²) in [4.78, 5) is 23.3. The number of esters is 1. The van der Waals surface area contributed by atoms with Crippen LogP contribution in [0.4, 0.5) is 4.39 Å². The van der Waals surface area contributed by atoms with Crippen LogP contribution in [0.3, 0.4) is 0 Å². The highest BCUT2D eigenvalue weighted by atomic mass is 19.1. The molecule has 0 spiro atoms. The van der Waals surface area contributed by atoms with E-state index in [4.69, 9.17) is 4.74 Å². The first-order valence-electron chi connectivity index (χ1n) is 6.95. The van der Waals surface area contributed by atoms with E-state index in [1.54, 1.807) is 30.3 Å².